The number of carboxylic acids is 1. The summed E-state index contributed by atoms with van der Waals surface area (Å²) in [4.78, 5) is 25.8. The van der Waals surface area contributed by atoms with Crippen LogP contribution >= 0.6 is 0 Å². The molecule has 0 radical (unpaired) electrons. The van der Waals surface area contributed by atoms with Crippen molar-refractivity contribution in [3.05, 3.63) is 0 Å². The van der Waals surface area contributed by atoms with Crippen molar-refractivity contribution in [3.63, 3.8) is 0 Å². The van der Waals surface area contributed by atoms with E-state index in [1.807, 2.05) is 0 Å². The van der Waals surface area contributed by atoms with Gasteiger partial charge in [-0.15, -0.1) is 0 Å². The number of nitrogens with zero attached hydrogens (tertiary/aromatic N) is 1. The highest BCUT2D eigenvalue weighted by Crippen LogP contribution is 2.36. The molecule has 0 aromatic heterocycles. The Hall–Kier alpha value is -1.06. The number of rotatable bonds is 5. The predicted octanol–water partition coefficient (Wildman–Crippen LogP) is 3.45. The van der Waals surface area contributed by atoms with Gasteiger partial charge < -0.3 is 10.0 Å². The van der Waals surface area contributed by atoms with Gasteiger partial charge in [-0.2, -0.15) is 0 Å². The number of amides is 1. The molecule has 0 aromatic carbocycles. The lowest BCUT2D eigenvalue weighted by atomic mass is 9.79. The fourth-order valence-electron chi connectivity index (χ4n) is 3.95. The molecule has 1 unspecified atom stereocenters. The van der Waals surface area contributed by atoms with Crippen LogP contribution in [0.25, 0.3) is 0 Å². The van der Waals surface area contributed by atoms with Gasteiger partial charge in [-0.1, -0.05) is 26.2 Å². The smallest absolute Gasteiger partial charge is 0.329 e. The second kappa shape index (κ2) is 6.80. The van der Waals surface area contributed by atoms with Gasteiger partial charge >= 0.3 is 5.97 Å². The van der Waals surface area contributed by atoms with Crippen LogP contribution in [-0.4, -0.2) is 34.0 Å². The van der Waals surface area contributed by atoms with Crippen molar-refractivity contribution in [1.82, 2.24) is 4.90 Å². The van der Waals surface area contributed by atoms with Gasteiger partial charge in [0.15, 0.2) is 0 Å². The van der Waals surface area contributed by atoms with Crippen LogP contribution in [0.15, 0.2) is 0 Å². The molecule has 0 bridgehead atoms. The van der Waals surface area contributed by atoms with Gasteiger partial charge in [0.1, 0.15) is 5.54 Å². The number of hydrogen-bond donors (Lipinski definition) is 1. The molecule has 4 nitrogen and oxygen atoms in total. The van der Waals surface area contributed by atoms with Crippen LogP contribution in [0.2, 0.25) is 0 Å². The zero-order valence-electron chi connectivity index (χ0n) is 13.4. The Kier molecular flexibility index (Phi) is 5.28. The number of hydrogen-bond acceptors (Lipinski definition) is 2. The summed E-state index contributed by atoms with van der Waals surface area (Å²) in [5, 5.41) is 9.44. The van der Waals surface area contributed by atoms with Crippen LogP contribution in [0.1, 0.15) is 71.6 Å². The standard InChI is InChI=1S/C17H29NO3/c1-3-4-6-13-7-9-14(10-8-13)15(19)18-12-5-11-17(18,2)16(20)21/h13-14H,3-12H2,1-2H3,(H,20,21). The molecule has 4 heteroatoms. The summed E-state index contributed by atoms with van der Waals surface area (Å²) in [6.07, 6.45) is 9.35. The number of carboxylic acid groups (broad SMARTS) is 1. The van der Waals surface area contributed by atoms with Crippen LogP contribution in [0.4, 0.5) is 0 Å². The average Bonchev–Trinajstić information content (AvgIpc) is 2.88. The Balaban J connectivity index is 1.91. The summed E-state index contributed by atoms with van der Waals surface area (Å²) in [5.74, 6) is 0.0643. The third kappa shape index (κ3) is 3.41. The maximum absolute atomic E-state index is 12.7. The monoisotopic (exact) mass is 295 g/mol. The summed E-state index contributed by atoms with van der Waals surface area (Å²) in [6.45, 7) is 4.53. The molecule has 2 rings (SSSR count). The summed E-state index contributed by atoms with van der Waals surface area (Å²) >= 11 is 0. The molecular formula is C17H29NO3. The molecule has 0 spiro atoms. The maximum atomic E-state index is 12.7. The van der Waals surface area contributed by atoms with E-state index in [4.69, 9.17) is 0 Å². The van der Waals surface area contributed by atoms with Gasteiger partial charge in [0.2, 0.25) is 5.91 Å². The molecular weight excluding hydrogens is 266 g/mol. The van der Waals surface area contributed by atoms with Crippen molar-refractivity contribution in [2.24, 2.45) is 11.8 Å². The minimum absolute atomic E-state index is 0.0552. The normalized spacial score (nSPS) is 33.1. The number of carbonyl (C=O) groups is 2. The number of carbonyl (C=O) groups excluding carboxylic acids is 1. The van der Waals surface area contributed by atoms with Crippen molar-refractivity contribution in [2.45, 2.75) is 77.2 Å². The highest BCUT2D eigenvalue weighted by Gasteiger charge is 2.47. The Morgan fingerprint density at radius 2 is 1.90 bits per heavy atom. The van der Waals surface area contributed by atoms with E-state index in [9.17, 15) is 14.7 Å². The molecule has 0 aromatic rings. The minimum Gasteiger partial charge on any atom is -0.480 e. The topological polar surface area (TPSA) is 57.6 Å². The van der Waals surface area contributed by atoms with Crippen LogP contribution < -0.4 is 0 Å². The first-order valence-electron chi connectivity index (χ1n) is 8.54. The summed E-state index contributed by atoms with van der Waals surface area (Å²) in [5.41, 5.74) is -0.976. The Bertz CT molecular complexity index is 387. The second-order valence-electron chi connectivity index (χ2n) is 7.03. The van der Waals surface area contributed by atoms with Crippen LogP contribution in [0, 0.1) is 11.8 Å². The van der Waals surface area contributed by atoms with Crippen LogP contribution in [0.3, 0.4) is 0 Å². The van der Waals surface area contributed by atoms with Gasteiger partial charge in [0.05, 0.1) is 0 Å². The van der Waals surface area contributed by atoms with Crippen molar-refractivity contribution in [2.75, 3.05) is 6.54 Å². The van der Waals surface area contributed by atoms with Gasteiger partial charge in [-0.3, -0.25) is 4.79 Å². The molecule has 1 saturated carbocycles. The fourth-order valence-corrected chi connectivity index (χ4v) is 3.95. The molecule has 1 heterocycles. The summed E-state index contributed by atoms with van der Waals surface area (Å²) in [7, 11) is 0. The highest BCUT2D eigenvalue weighted by molar-refractivity contribution is 5.88. The molecule has 1 N–H and O–H groups in total. The molecule has 1 atom stereocenters. The van der Waals surface area contributed by atoms with Crippen molar-refractivity contribution in [3.8, 4) is 0 Å². The first-order valence-corrected chi connectivity index (χ1v) is 8.54. The molecule has 1 aliphatic carbocycles. The van der Waals surface area contributed by atoms with E-state index in [2.05, 4.69) is 6.92 Å². The van der Waals surface area contributed by atoms with Crippen molar-refractivity contribution >= 4 is 11.9 Å². The van der Waals surface area contributed by atoms with E-state index < -0.39 is 11.5 Å². The lowest BCUT2D eigenvalue weighted by Gasteiger charge is -2.36. The first-order chi connectivity index (χ1) is 9.99. The number of unbranched alkanes of at least 4 members (excludes halogenated alkanes) is 1. The van der Waals surface area contributed by atoms with Gasteiger partial charge in [-0.05, 0) is 51.4 Å². The van der Waals surface area contributed by atoms with E-state index in [-0.39, 0.29) is 11.8 Å². The van der Waals surface area contributed by atoms with Crippen molar-refractivity contribution < 1.29 is 14.7 Å². The largest absolute Gasteiger partial charge is 0.480 e. The highest BCUT2D eigenvalue weighted by atomic mass is 16.4. The lowest BCUT2D eigenvalue weighted by Crippen LogP contribution is -2.52. The molecule has 1 saturated heterocycles. The Labute approximate surface area is 127 Å². The first kappa shape index (κ1) is 16.3. The summed E-state index contributed by atoms with van der Waals surface area (Å²) < 4.78 is 0. The Morgan fingerprint density at radius 3 is 2.48 bits per heavy atom. The van der Waals surface area contributed by atoms with Crippen LogP contribution in [-0.2, 0) is 9.59 Å². The maximum Gasteiger partial charge on any atom is 0.329 e. The SMILES string of the molecule is CCCCC1CCC(C(=O)N2CCCC2(C)C(=O)O)CC1. The molecule has 1 amide bonds. The molecule has 2 fully saturated rings. The molecule has 21 heavy (non-hydrogen) atoms. The predicted molar refractivity (Wildman–Crippen MR) is 82.0 cm³/mol. The van der Waals surface area contributed by atoms with E-state index in [1.165, 1.54) is 19.3 Å². The zero-order chi connectivity index (χ0) is 15.5. The third-order valence-electron chi connectivity index (χ3n) is 5.53. The average molecular weight is 295 g/mol. The van der Waals surface area contributed by atoms with E-state index >= 15 is 0 Å². The van der Waals surface area contributed by atoms with Crippen LogP contribution in [0.5, 0.6) is 0 Å². The number of likely N-dealkylation sites (tertiary alicyclic amines) is 1. The molecule has 2 aliphatic rings. The zero-order valence-corrected chi connectivity index (χ0v) is 13.4. The van der Waals surface area contributed by atoms with Gasteiger partial charge in [0, 0.05) is 12.5 Å². The van der Waals surface area contributed by atoms with Gasteiger partial charge in [0.25, 0.3) is 0 Å². The molecule has 1 aliphatic heterocycles. The van der Waals surface area contributed by atoms with E-state index in [1.54, 1.807) is 11.8 Å². The quantitative estimate of drug-likeness (QED) is 0.845. The van der Waals surface area contributed by atoms with E-state index in [0.717, 1.165) is 38.0 Å². The minimum atomic E-state index is -0.976. The molecule has 120 valence electrons. The van der Waals surface area contributed by atoms with Crippen molar-refractivity contribution in [1.29, 1.82) is 0 Å². The lowest BCUT2D eigenvalue weighted by molar-refractivity contribution is -0.157. The second-order valence-corrected chi connectivity index (χ2v) is 7.03. The Morgan fingerprint density at radius 1 is 1.24 bits per heavy atom. The summed E-state index contributed by atoms with van der Waals surface area (Å²) in [6, 6.07) is 0. The van der Waals surface area contributed by atoms with Gasteiger partial charge in [-0.25, -0.2) is 4.79 Å². The number of aliphatic carboxylic acids is 1. The fraction of sp³-hybridized carbons (Fsp3) is 0.882. The third-order valence-corrected chi connectivity index (χ3v) is 5.53. The van der Waals surface area contributed by atoms with E-state index in [0.29, 0.717) is 13.0 Å².